The number of sulfonamides is 1. The van der Waals surface area contributed by atoms with E-state index in [-0.39, 0.29) is 26.9 Å². The summed E-state index contributed by atoms with van der Waals surface area (Å²) >= 11 is 5.87. The van der Waals surface area contributed by atoms with Crippen LogP contribution >= 0.6 is 11.6 Å². The van der Waals surface area contributed by atoms with Crippen molar-refractivity contribution in [2.75, 3.05) is 17.1 Å². The zero-order valence-electron chi connectivity index (χ0n) is 16.5. The highest BCUT2D eigenvalue weighted by atomic mass is 35.5. The Bertz CT molecular complexity index is 1200. The van der Waals surface area contributed by atoms with Crippen LogP contribution in [0.2, 0.25) is 5.02 Å². The predicted octanol–water partition coefficient (Wildman–Crippen LogP) is 5.00. The van der Waals surface area contributed by atoms with Gasteiger partial charge in [0.15, 0.2) is 0 Å². The number of carbonyl (C=O) groups is 1. The maximum absolute atomic E-state index is 12.6. The first-order valence-electron chi connectivity index (χ1n) is 9.00. The standard InChI is InChI=1S/C21H17ClF2N2O5S/c1-30-16-7-4-14(5-8-16)26-32(28,29)17-9-2-13(3-10-17)20(27)25-15-6-11-19(18(22)12-15)31-21(23)24/h2-12,21,26H,1H3,(H,25,27). The van der Waals surface area contributed by atoms with Gasteiger partial charge in [-0.15, -0.1) is 0 Å². The molecular formula is C21H17ClF2N2O5S. The van der Waals surface area contributed by atoms with E-state index in [1.165, 1.54) is 49.6 Å². The molecule has 0 bridgehead atoms. The zero-order chi connectivity index (χ0) is 23.3. The molecule has 0 unspecified atom stereocenters. The smallest absolute Gasteiger partial charge is 0.387 e. The molecule has 0 saturated heterocycles. The number of halogens is 3. The Labute approximate surface area is 188 Å². The van der Waals surface area contributed by atoms with Crippen LogP contribution in [-0.2, 0) is 10.0 Å². The fourth-order valence-electron chi connectivity index (χ4n) is 2.63. The molecule has 3 rings (SSSR count). The molecule has 0 aliphatic rings. The number of methoxy groups -OCH3 is 1. The molecule has 0 atom stereocenters. The zero-order valence-corrected chi connectivity index (χ0v) is 18.1. The molecular weight excluding hydrogens is 466 g/mol. The summed E-state index contributed by atoms with van der Waals surface area (Å²) in [6.45, 7) is -3.03. The first-order valence-corrected chi connectivity index (χ1v) is 10.9. The van der Waals surface area contributed by atoms with Crippen molar-refractivity contribution < 1.29 is 31.5 Å². The highest BCUT2D eigenvalue weighted by molar-refractivity contribution is 7.92. The molecule has 0 radical (unpaired) electrons. The van der Waals surface area contributed by atoms with Gasteiger partial charge in [-0.2, -0.15) is 8.78 Å². The minimum Gasteiger partial charge on any atom is -0.497 e. The molecule has 0 fully saturated rings. The van der Waals surface area contributed by atoms with Gasteiger partial charge < -0.3 is 14.8 Å². The molecule has 0 aliphatic heterocycles. The number of alkyl halides is 2. The minimum atomic E-state index is -3.87. The molecule has 7 nitrogen and oxygen atoms in total. The summed E-state index contributed by atoms with van der Waals surface area (Å²) in [5.41, 5.74) is 0.778. The third-order valence-corrected chi connectivity index (χ3v) is 5.87. The van der Waals surface area contributed by atoms with Crippen LogP contribution in [-0.4, -0.2) is 28.0 Å². The Hall–Kier alpha value is -3.37. The monoisotopic (exact) mass is 482 g/mol. The Morgan fingerprint density at radius 2 is 1.59 bits per heavy atom. The van der Waals surface area contributed by atoms with Crippen LogP contribution < -0.4 is 19.5 Å². The number of nitrogens with one attached hydrogen (secondary N) is 2. The van der Waals surface area contributed by atoms with E-state index in [1.54, 1.807) is 24.3 Å². The van der Waals surface area contributed by atoms with Gasteiger partial charge in [0.05, 0.1) is 17.0 Å². The van der Waals surface area contributed by atoms with E-state index in [4.69, 9.17) is 16.3 Å². The highest BCUT2D eigenvalue weighted by Crippen LogP contribution is 2.29. The lowest BCUT2D eigenvalue weighted by atomic mass is 10.2. The minimum absolute atomic E-state index is 0.0404. The SMILES string of the molecule is COc1ccc(NS(=O)(=O)c2ccc(C(=O)Nc3ccc(OC(F)F)c(Cl)c3)cc2)cc1. The average Bonchev–Trinajstić information content (AvgIpc) is 2.76. The van der Waals surface area contributed by atoms with E-state index in [0.29, 0.717) is 11.4 Å². The van der Waals surface area contributed by atoms with Crippen LogP contribution in [0.1, 0.15) is 10.4 Å². The van der Waals surface area contributed by atoms with Gasteiger partial charge in [-0.25, -0.2) is 8.42 Å². The van der Waals surface area contributed by atoms with Crippen LogP contribution in [0.15, 0.2) is 71.6 Å². The lowest BCUT2D eigenvalue weighted by Crippen LogP contribution is -2.15. The maximum Gasteiger partial charge on any atom is 0.387 e. The fraction of sp³-hybridized carbons (Fsp3) is 0.0952. The molecule has 11 heteroatoms. The Kier molecular flexibility index (Phi) is 7.16. The number of ether oxygens (including phenoxy) is 2. The van der Waals surface area contributed by atoms with Crippen molar-refractivity contribution >= 4 is 38.9 Å². The maximum atomic E-state index is 12.6. The molecule has 168 valence electrons. The summed E-state index contributed by atoms with van der Waals surface area (Å²) in [6, 6.07) is 15.4. The van der Waals surface area contributed by atoms with Crippen LogP contribution in [0.25, 0.3) is 0 Å². The normalized spacial score (nSPS) is 11.2. The van der Waals surface area contributed by atoms with Gasteiger partial charge in [0, 0.05) is 16.9 Å². The highest BCUT2D eigenvalue weighted by Gasteiger charge is 2.16. The predicted molar refractivity (Wildman–Crippen MR) is 116 cm³/mol. The van der Waals surface area contributed by atoms with Crippen LogP contribution in [0.5, 0.6) is 11.5 Å². The molecule has 0 saturated carbocycles. The Morgan fingerprint density at radius 3 is 2.16 bits per heavy atom. The van der Waals surface area contributed by atoms with Crippen molar-refractivity contribution in [3.63, 3.8) is 0 Å². The van der Waals surface area contributed by atoms with E-state index in [0.717, 1.165) is 0 Å². The van der Waals surface area contributed by atoms with Crippen molar-refractivity contribution in [1.29, 1.82) is 0 Å². The molecule has 3 aromatic rings. The Balaban J connectivity index is 1.69. The molecule has 3 aromatic carbocycles. The molecule has 32 heavy (non-hydrogen) atoms. The van der Waals surface area contributed by atoms with Crippen molar-refractivity contribution in [1.82, 2.24) is 0 Å². The molecule has 1 amide bonds. The van der Waals surface area contributed by atoms with Crippen molar-refractivity contribution in [3.8, 4) is 11.5 Å². The third-order valence-electron chi connectivity index (χ3n) is 4.17. The second kappa shape index (κ2) is 9.84. The summed E-state index contributed by atoms with van der Waals surface area (Å²) in [6.07, 6.45) is 0. The summed E-state index contributed by atoms with van der Waals surface area (Å²) in [7, 11) is -2.37. The van der Waals surface area contributed by atoms with Gasteiger partial charge in [0.2, 0.25) is 0 Å². The number of hydrogen-bond acceptors (Lipinski definition) is 5. The fourth-order valence-corrected chi connectivity index (χ4v) is 3.92. The second-order valence-corrected chi connectivity index (χ2v) is 8.43. The number of anilines is 2. The first-order chi connectivity index (χ1) is 15.2. The van der Waals surface area contributed by atoms with Crippen molar-refractivity contribution in [2.45, 2.75) is 11.5 Å². The topological polar surface area (TPSA) is 93.7 Å². The van der Waals surface area contributed by atoms with Gasteiger partial charge >= 0.3 is 6.61 Å². The van der Waals surface area contributed by atoms with Gasteiger partial charge in [-0.3, -0.25) is 9.52 Å². The van der Waals surface area contributed by atoms with E-state index >= 15 is 0 Å². The van der Waals surface area contributed by atoms with Gasteiger partial charge in [0.1, 0.15) is 11.5 Å². The van der Waals surface area contributed by atoms with Crippen molar-refractivity contribution in [2.24, 2.45) is 0 Å². The number of amides is 1. The van der Waals surface area contributed by atoms with E-state index in [9.17, 15) is 22.0 Å². The quantitative estimate of drug-likeness (QED) is 0.471. The van der Waals surface area contributed by atoms with E-state index in [1.807, 2.05) is 0 Å². The lowest BCUT2D eigenvalue weighted by Gasteiger charge is -2.11. The molecule has 2 N–H and O–H groups in total. The summed E-state index contributed by atoms with van der Waals surface area (Å²) < 4.78 is 61.4. The lowest BCUT2D eigenvalue weighted by molar-refractivity contribution is -0.0497. The average molecular weight is 483 g/mol. The van der Waals surface area contributed by atoms with Gasteiger partial charge in [-0.05, 0) is 66.7 Å². The van der Waals surface area contributed by atoms with Crippen LogP contribution in [0.4, 0.5) is 20.2 Å². The van der Waals surface area contributed by atoms with E-state index < -0.39 is 22.5 Å². The van der Waals surface area contributed by atoms with Crippen molar-refractivity contribution in [3.05, 3.63) is 77.3 Å². The van der Waals surface area contributed by atoms with E-state index in [2.05, 4.69) is 14.8 Å². The third kappa shape index (κ3) is 5.86. The first kappa shape index (κ1) is 23.3. The summed E-state index contributed by atoms with van der Waals surface area (Å²) in [4.78, 5) is 12.4. The number of hydrogen-bond donors (Lipinski definition) is 2. The van der Waals surface area contributed by atoms with Gasteiger partial charge in [-0.1, -0.05) is 11.6 Å². The second-order valence-electron chi connectivity index (χ2n) is 6.34. The summed E-state index contributed by atoms with van der Waals surface area (Å²) in [5.74, 6) is -0.185. The molecule has 0 spiro atoms. The van der Waals surface area contributed by atoms with Crippen LogP contribution in [0.3, 0.4) is 0 Å². The number of rotatable bonds is 8. The molecule has 0 aromatic heterocycles. The molecule has 0 heterocycles. The number of benzene rings is 3. The Morgan fingerprint density at radius 1 is 0.969 bits per heavy atom. The molecule has 0 aliphatic carbocycles. The van der Waals surface area contributed by atoms with Crippen LogP contribution in [0, 0.1) is 0 Å². The summed E-state index contributed by atoms with van der Waals surface area (Å²) in [5, 5.41) is 2.44. The van der Waals surface area contributed by atoms with Gasteiger partial charge in [0.25, 0.3) is 15.9 Å². The number of carbonyl (C=O) groups excluding carboxylic acids is 1. The largest absolute Gasteiger partial charge is 0.497 e.